The van der Waals surface area contributed by atoms with Gasteiger partial charge in [-0.3, -0.25) is 5.10 Å². The first-order valence-corrected chi connectivity index (χ1v) is 6.27. The molecule has 1 aromatic carbocycles. The molecule has 0 saturated heterocycles. The summed E-state index contributed by atoms with van der Waals surface area (Å²) in [4.78, 5) is 4.21. The molecule has 0 saturated carbocycles. The van der Waals surface area contributed by atoms with Gasteiger partial charge in [-0.1, -0.05) is 6.42 Å². The van der Waals surface area contributed by atoms with E-state index in [4.69, 9.17) is 5.73 Å². The number of hydrogen-bond acceptors (Lipinski definition) is 3. The van der Waals surface area contributed by atoms with E-state index in [1.165, 1.54) is 12.1 Å². The first-order valence-electron chi connectivity index (χ1n) is 6.27. The van der Waals surface area contributed by atoms with Gasteiger partial charge in [-0.2, -0.15) is 5.10 Å². The lowest BCUT2D eigenvalue weighted by molar-refractivity contribution is 0.585. The fraction of sp³-hybridized carbons (Fsp3) is 0.385. The van der Waals surface area contributed by atoms with E-state index in [9.17, 15) is 8.78 Å². The maximum atomic E-state index is 13.6. The fourth-order valence-electron chi connectivity index (χ4n) is 1.81. The number of benzene rings is 1. The first kappa shape index (κ1) is 13.6. The van der Waals surface area contributed by atoms with Gasteiger partial charge in [0.05, 0.1) is 5.56 Å². The lowest BCUT2D eigenvalue weighted by Crippen LogP contribution is -1.98. The Morgan fingerprint density at radius 1 is 1.16 bits per heavy atom. The molecule has 19 heavy (non-hydrogen) atoms. The van der Waals surface area contributed by atoms with E-state index in [1.807, 2.05) is 0 Å². The molecule has 1 heterocycles. The van der Waals surface area contributed by atoms with E-state index in [0.717, 1.165) is 31.7 Å². The van der Waals surface area contributed by atoms with Gasteiger partial charge in [0.25, 0.3) is 0 Å². The van der Waals surface area contributed by atoms with E-state index in [-0.39, 0.29) is 11.4 Å². The minimum Gasteiger partial charge on any atom is -0.330 e. The van der Waals surface area contributed by atoms with E-state index < -0.39 is 11.6 Å². The normalized spacial score (nSPS) is 10.9. The molecule has 0 unspecified atom stereocenters. The minimum atomic E-state index is -0.659. The highest BCUT2D eigenvalue weighted by Gasteiger charge is 2.11. The van der Waals surface area contributed by atoms with Crippen molar-refractivity contribution in [2.45, 2.75) is 25.7 Å². The second-order valence-corrected chi connectivity index (χ2v) is 4.33. The molecule has 0 bridgehead atoms. The Morgan fingerprint density at radius 3 is 2.74 bits per heavy atom. The zero-order valence-electron chi connectivity index (χ0n) is 10.5. The molecule has 0 atom stereocenters. The van der Waals surface area contributed by atoms with Crippen LogP contribution in [-0.2, 0) is 6.42 Å². The topological polar surface area (TPSA) is 67.6 Å². The summed E-state index contributed by atoms with van der Waals surface area (Å²) in [5.41, 5.74) is 5.61. The van der Waals surface area contributed by atoms with Crippen molar-refractivity contribution in [1.29, 1.82) is 0 Å². The first-order chi connectivity index (χ1) is 9.20. The number of halogens is 2. The Hall–Kier alpha value is -1.82. The molecule has 0 spiro atoms. The quantitative estimate of drug-likeness (QED) is 0.789. The Kier molecular flexibility index (Phi) is 4.57. The van der Waals surface area contributed by atoms with Crippen molar-refractivity contribution in [3.63, 3.8) is 0 Å². The van der Waals surface area contributed by atoms with E-state index in [1.54, 1.807) is 0 Å². The van der Waals surface area contributed by atoms with E-state index in [0.29, 0.717) is 12.4 Å². The summed E-state index contributed by atoms with van der Waals surface area (Å²) in [5.74, 6) is -0.311. The van der Waals surface area contributed by atoms with Crippen molar-refractivity contribution >= 4 is 0 Å². The monoisotopic (exact) mass is 266 g/mol. The molecule has 0 aliphatic heterocycles. The summed E-state index contributed by atoms with van der Waals surface area (Å²) in [6, 6.07) is 3.36. The van der Waals surface area contributed by atoms with E-state index in [2.05, 4.69) is 15.2 Å². The molecule has 0 radical (unpaired) electrons. The van der Waals surface area contributed by atoms with Crippen molar-refractivity contribution in [2.75, 3.05) is 6.54 Å². The maximum absolute atomic E-state index is 13.6. The SMILES string of the molecule is NCCCCCc1nc(-c2ccc(F)cc2F)n[nH]1. The molecule has 0 aliphatic rings. The second-order valence-electron chi connectivity index (χ2n) is 4.33. The van der Waals surface area contributed by atoms with Crippen LogP contribution in [0.15, 0.2) is 18.2 Å². The van der Waals surface area contributed by atoms with Crippen molar-refractivity contribution in [3.05, 3.63) is 35.7 Å². The molecule has 4 nitrogen and oxygen atoms in total. The van der Waals surface area contributed by atoms with Crippen molar-refractivity contribution in [3.8, 4) is 11.4 Å². The van der Waals surface area contributed by atoms with Gasteiger partial charge in [0.15, 0.2) is 5.82 Å². The largest absolute Gasteiger partial charge is 0.330 e. The van der Waals surface area contributed by atoms with Crippen LogP contribution in [0.2, 0.25) is 0 Å². The number of nitrogens with two attached hydrogens (primary N) is 1. The van der Waals surface area contributed by atoms with Crippen LogP contribution in [0.25, 0.3) is 11.4 Å². The Bertz CT molecular complexity index is 539. The predicted molar refractivity (Wildman–Crippen MR) is 68.3 cm³/mol. The van der Waals surface area contributed by atoms with Gasteiger partial charge >= 0.3 is 0 Å². The molecule has 0 amide bonds. The molecule has 0 aliphatic carbocycles. The number of aryl methyl sites for hydroxylation is 1. The molecule has 2 rings (SSSR count). The molecular weight excluding hydrogens is 250 g/mol. The second kappa shape index (κ2) is 6.38. The van der Waals surface area contributed by atoms with Crippen LogP contribution in [0.1, 0.15) is 25.1 Å². The number of nitrogens with one attached hydrogen (secondary N) is 1. The number of nitrogens with zero attached hydrogens (tertiary/aromatic N) is 2. The number of unbranched alkanes of at least 4 members (excludes halogenated alkanes) is 2. The third-order valence-electron chi connectivity index (χ3n) is 2.82. The highest BCUT2D eigenvalue weighted by Crippen LogP contribution is 2.20. The number of aromatic amines is 1. The zero-order chi connectivity index (χ0) is 13.7. The van der Waals surface area contributed by atoms with Gasteiger partial charge in [0, 0.05) is 12.5 Å². The van der Waals surface area contributed by atoms with Gasteiger partial charge in [-0.15, -0.1) is 0 Å². The highest BCUT2D eigenvalue weighted by atomic mass is 19.1. The lowest BCUT2D eigenvalue weighted by atomic mass is 10.2. The molecule has 1 aromatic heterocycles. The summed E-state index contributed by atoms with van der Waals surface area (Å²) in [7, 11) is 0. The third-order valence-corrected chi connectivity index (χ3v) is 2.82. The molecule has 0 fully saturated rings. The Labute approximate surface area is 110 Å². The maximum Gasteiger partial charge on any atom is 0.184 e. The lowest BCUT2D eigenvalue weighted by Gasteiger charge is -1.97. The summed E-state index contributed by atoms with van der Waals surface area (Å²) in [5, 5.41) is 6.72. The number of rotatable bonds is 6. The number of aromatic nitrogens is 3. The predicted octanol–water partition coefficient (Wildman–Crippen LogP) is 2.42. The van der Waals surface area contributed by atoms with Crippen LogP contribution in [0.4, 0.5) is 8.78 Å². The average molecular weight is 266 g/mol. The fourth-order valence-corrected chi connectivity index (χ4v) is 1.81. The van der Waals surface area contributed by atoms with Crippen LogP contribution in [0, 0.1) is 11.6 Å². The average Bonchev–Trinajstić information content (AvgIpc) is 2.83. The third kappa shape index (κ3) is 3.57. The molecule has 3 N–H and O–H groups in total. The summed E-state index contributed by atoms with van der Waals surface area (Å²) in [6.07, 6.45) is 3.71. The standard InChI is InChI=1S/C13H16F2N4/c14-9-5-6-10(11(15)8-9)13-17-12(18-19-13)4-2-1-3-7-16/h5-6,8H,1-4,7,16H2,(H,17,18,19). The van der Waals surface area contributed by atoms with Gasteiger partial charge in [0.2, 0.25) is 0 Å². The molecule has 6 heteroatoms. The van der Waals surface area contributed by atoms with Crippen LogP contribution in [0.5, 0.6) is 0 Å². The van der Waals surface area contributed by atoms with Crippen LogP contribution in [0.3, 0.4) is 0 Å². The van der Waals surface area contributed by atoms with Gasteiger partial charge in [-0.25, -0.2) is 13.8 Å². The van der Waals surface area contributed by atoms with Crippen LogP contribution < -0.4 is 5.73 Å². The van der Waals surface area contributed by atoms with Gasteiger partial charge < -0.3 is 5.73 Å². The molecule has 2 aromatic rings. The highest BCUT2D eigenvalue weighted by molar-refractivity contribution is 5.55. The van der Waals surface area contributed by atoms with Gasteiger partial charge in [0.1, 0.15) is 17.5 Å². The van der Waals surface area contributed by atoms with Crippen molar-refractivity contribution < 1.29 is 8.78 Å². The van der Waals surface area contributed by atoms with Gasteiger partial charge in [-0.05, 0) is 31.5 Å². The number of H-pyrrole nitrogens is 1. The number of hydrogen-bond donors (Lipinski definition) is 2. The minimum absolute atomic E-state index is 0.200. The Balaban J connectivity index is 2.04. The summed E-state index contributed by atoms with van der Waals surface area (Å²) in [6.45, 7) is 0.683. The Morgan fingerprint density at radius 2 is 2.00 bits per heavy atom. The van der Waals surface area contributed by atoms with Crippen molar-refractivity contribution in [1.82, 2.24) is 15.2 Å². The zero-order valence-corrected chi connectivity index (χ0v) is 10.5. The summed E-state index contributed by atoms with van der Waals surface area (Å²) < 4.78 is 26.4. The summed E-state index contributed by atoms with van der Waals surface area (Å²) >= 11 is 0. The van der Waals surface area contributed by atoms with Crippen molar-refractivity contribution in [2.24, 2.45) is 5.73 Å². The molecule has 102 valence electrons. The van der Waals surface area contributed by atoms with Crippen LogP contribution >= 0.6 is 0 Å². The van der Waals surface area contributed by atoms with Crippen LogP contribution in [-0.4, -0.2) is 21.7 Å². The smallest absolute Gasteiger partial charge is 0.184 e. The molecular formula is C13H16F2N4. The van der Waals surface area contributed by atoms with E-state index >= 15 is 0 Å².